The lowest BCUT2D eigenvalue weighted by Gasteiger charge is -2.16. The van der Waals surface area contributed by atoms with Gasteiger partial charge < -0.3 is 10.3 Å². The maximum absolute atomic E-state index is 13.2. The van der Waals surface area contributed by atoms with Gasteiger partial charge in [-0.2, -0.15) is 5.10 Å². The van der Waals surface area contributed by atoms with Crippen molar-refractivity contribution in [2.75, 3.05) is 6.26 Å². The maximum Gasteiger partial charge on any atom is 0.254 e. The minimum atomic E-state index is -0.317. The number of aromatic nitrogens is 4. The van der Waals surface area contributed by atoms with Crippen molar-refractivity contribution < 1.29 is 9.18 Å². The Labute approximate surface area is 171 Å². The number of aromatic amines is 1. The van der Waals surface area contributed by atoms with Crippen molar-refractivity contribution in [3.8, 4) is 5.69 Å². The molecule has 3 heterocycles. The van der Waals surface area contributed by atoms with Crippen LogP contribution in [0.25, 0.3) is 16.6 Å². The van der Waals surface area contributed by atoms with Gasteiger partial charge in [-0.05, 0) is 49.1 Å². The standard InChI is InChI=1S/C21H20FN5OS/c1-3-17(18-8-9-20(25-18)29-2)26-21(28)16-10-23-12-19-15(16)11-24-27(19)14-6-4-13(22)5-7-14/h4-12,17,25H,3H2,1-2H3,(H,26,28)/t17-/m0/s1. The summed E-state index contributed by atoms with van der Waals surface area (Å²) in [7, 11) is 0. The molecule has 29 heavy (non-hydrogen) atoms. The number of H-pyrrole nitrogens is 1. The third-order valence-electron chi connectivity index (χ3n) is 4.80. The van der Waals surface area contributed by atoms with Crippen molar-refractivity contribution >= 4 is 28.6 Å². The number of thioether (sulfide) groups is 1. The van der Waals surface area contributed by atoms with Crippen LogP contribution in [0.3, 0.4) is 0 Å². The first kappa shape index (κ1) is 19.2. The fourth-order valence-electron chi connectivity index (χ4n) is 3.26. The second kappa shape index (κ2) is 8.08. The molecule has 0 radical (unpaired) electrons. The Morgan fingerprint density at radius 3 is 2.69 bits per heavy atom. The Hall–Kier alpha value is -3.13. The van der Waals surface area contributed by atoms with E-state index in [2.05, 4.69) is 20.4 Å². The highest BCUT2D eigenvalue weighted by atomic mass is 32.2. The summed E-state index contributed by atoms with van der Waals surface area (Å²) in [5.41, 5.74) is 2.79. The number of pyridine rings is 1. The average Bonchev–Trinajstić information content (AvgIpc) is 3.39. The van der Waals surface area contributed by atoms with Crippen molar-refractivity contribution in [3.05, 3.63) is 72.1 Å². The van der Waals surface area contributed by atoms with Crippen molar-refractivity contribution in [2.24, 2.45) is 0 Å². The van der Waals surface area contributed by atoms with E-state index in [0.29, 0.717) is 22.2 Å². The monoisotopic (exact) mass is 409 g/mol. The molecule has 4 rings (SSSR count). The molecular formula is C21H20FN5OS. The zero-order valence-electron chi connectivity index (χ0n) is 16.0. The molecule has 0 saturated carbocycles. The first-order valence-corrected chi connectivity index (χ1v) is 10.4. The third-order valence-corrected chi connectivity index (χ3v) is 5.48. The van der Waals surface area contributed by atoms with Gasteiger partial charge in [-0.25, -0.2) is 9.07 Å². The van der Waals surface area contributed by atoms with Crippen LogP contribution in [-0.4, -0.2) is 31.9 Å². The Balaban J connectivity index is 1.65. The zero-order valence-corrected chi connectivity index (χ0v) is 16.8. The average molecular weight is 409 g/mol. The van der Waals surface area contributed by atoms with Crippen LogP contribution in [0.1, 0.15) is 35.4 Å². The molecule has 8 heteroatoms. The Bertz CT molecular complexity index is 1150. The predicted molar refractivity (Wildman–Crippen MR) is 112 cm³/mol. The number of benzene rings is 1. The minimum absolute atomic E-state index is 0.134. The number of carbonyl (C=O) groups is 1. The molecule has 3 aromatic heterocycles. The van der Waals surface area contributed by atoms with E-state index < -0.39 is 0 Å². The van der Waals surface area contributed by atoms with E-state index in [1.165, 1.54) is 12.1 Å². The van der Waals surface area contributed by atoms with Gasteiger partial charge in [0.2, 0.25) is 0 Å². The van der Waals surface area contributed by atoms with Crippen LogP contribution in [0.15, 0.2) is 60.0 Å². The van der Waals surface area contributed by atoms with Gasteiger partial charge in [0.25, 0.3) is 5.91 Å². The summed E-state index contributed by atoms with van der Waals surface area (Å²) >= 11 is 1.62. The first-order chi connectivity index (χ1) is 14.1. The number of hydrogen-bond acceptors (Lipinski definition) is 4. The highest BCUT2D eigenvalue weighted by molar-refractivity contribution is 7.98. The van der Waals surface area contributed by atoms with Gasteiger partial charge in [-0.1, -0.05) is 6.92 Å². The number of halogens is 1. The van der Waals surface area contributed by atoms with E-state index in [0.717, 1.165) is 17.1 Å². The lowest BCUT2D eigenvalue weighted by atomic mass is 10.1. The summed E-state index contributed by atoms with van der Waals surface area (Å²) in [4.78, 5) is 20.6. The normalized spacial score (nSPS) is 12.2. The number of nitrogens with zero attached hydrogens (tertiary/aromatic N) is 3. The molecule has 1 atom stereocenters. The molecule has 0 aliphatic rings. The van der Waals surface area contributed by atoms with Gasteiger partial charge in [0.1, 0.15) is 5.82 Å². The van der Waals surface area contributed by atoms with Crippen molar-refractivity contribution in [1.29, 1.82) is 0 Å². The van der Waals surface area contributed by atoms with Gasteiger partial charge in [-0.3, -0.25) is 9.78 Å². The van der Waals surface area contributed by atoms with E-state index in [4.69, 9.17) is 0 Å². The molecule has 4 aromatic rings. The van der Waals surface area contributed by atoms with Gasteiger partial charge >= 0.3 is 0 Å². The number of hydrogen-bond donors (Lipinski definition) is 2. The van der Waals surface area contributed by atoms with Crippen LogP contribution in [-0.2, 0) is 0 Å². The van der Waals surface area contributed by atoms with Crippen molar-refractivity contribution in [1.82, 2.24) is 25.1 Å². The number of fused-ring (bicyclic) bond motifs is 1. The fraction of sp³-hybridized carbons (Fsp3) is 0.190. The van der Waals surface area contributed by atoms with Gasteiger partial charge in [0.15, 0.2) is 0 Å². The molecule has 6 nitrogen and oxygen atoms in total. The lowest BCUT2D eigenvalue weighted by molar-refractivity contribution is 0.0936. The Kier molecular flexibility index (Phi) is 5.35. The van der Waals surface area contributed by atoms with E-state index in [1.54, 1.807) is 47.2 Å². The number of rotatable bonds is 6. The molecule has 0 fully saturated rings. The van der Waals surface area contributed by atoms with Crippen molar-refractivity contribution in [3.63, 3.8) is 0 Å². The molecule has 0 bridgehead atoms. The van der Waals surface area contributed by atoms with Crippen molar-refractivity contribution in [2.45, 2.75) is 24.4 Å². The van der Waals surface area contributed by atoms with Gasteiger partial charge in [-0.15, -0.1) is 11.8 Å². The van der Waals surface area contributed by atoms with E-state index >= 15 is 0 Å². The zero-order chi connectivity index (χ0) is 20.4. The van der Waals surface area contributed by atoms with Gasteiger partial charge in [0.05, 0.1) is 40.2 Å². The van der Waals surface area contributed by atoms with Crippen LogP contribution in [0.4, 0.5) is 4.39 Å². The predicted octanol–water partition coefficient (Wildman–Crippen LogP) is 4.49. The molecule has 1 amide bonds. The topological polar surface area (TPSA) is 75.6 Å². The summed E-state index contributed by atoms with van der Waals surface area (Å²) in [5.74, 6) is -0.531. The van der Waals surface area contributed by atoms with Crippen LogP contribution in [0.2, 0.25) is 0 Å². The molecule has 0 saturated heterocycles. The van der Waals surface area contributed by atoms with Crippen LogP contribution in [0, 0.1) is 5.82 Å². The van der Waals surface area contributed by atoms with E-state index in [1.807, 2.05) is 25.3 Å². The molecule has 0 aliphatic heterocycles. The largest absolute Gasteiger partial charge is 0.352 e. The number of nitrogens with one attached hydrogen (secondary N) is 2. The third kappa shape index (κ3) is 3.75. The van der Waals surface area contributed by atoms with Crippen LogP contribution < -0.4 is 5.32 Å². The Morgan fingerprint density at radius 1 is 1.21 bits per heavy atom. The smallest absolute Gasteiger partial charge is 0.254 e. The summed E-state index contributed by atoms with van der Waals surface area (Å²) < 4.78 is 14.9. The highest BCUT2D eigenvalue weighted by Crippen LogP contribution is 2.24. The van der Waals surface area contributed by atoms with E-state index in [9.17, 15) is 9.18 Å². The summed E-state index contributed by atoms with van der Waals surface area (Å²) in [6.07, 6.45) is 7.58. The quantitative estimate of drug-likeness (QED) is 0.460. The molecule has 2 N–H and O–H groups in total. The highest BCUT2D eigenvalue weighted by Gasteiger charge is 2.19. The summed E-state index contributed by atoms with van der Waals surface area (Å²) in [5, 5.41) is 9.20. The molecule has 0 unspecified atom stereocenters. The summed E-state index contributed by atoms with van der Waals surface area (Å²) in [6.45, 7) is 2.02. The number of amides is 1. The second-order valence-corrected chi connectivity index (χ2v) is 7.42. The second-order valence-electron chi connectivity index (χ2n) is 6.57. The molecular weight excluding hydrogens is 389 g/mol. The lowest BCUT2D eigenvalue weighted by Crippen LogP contribution is -2.28. The fourth-order valence-corrected chi connectivity index (χ4v) is 3.68. The number of carbonyl (C=O) groups excluding carboxylic acids is 1. The maximum atomic E-state index is 13.2. The van der Waals surface area contributed by atoms with E-state index in [-0.39, 0.29) is 17.8 Å². The SMILES string of the molecule is CC[C@H](NC(=O)c1cncc2c1cnn2-c1ccc(F)cc1)c1ccc(SC)[nH]1. The van der Waals surface area contributed by atoms with Gasteiger partial charge in [0, 0.05) is 17.3 Å². The first-order valence-electron chi connectivity index (χ1n) is 9.22. The molecule has 0 aliphatic carbocycles. The minimum Gasteiger partial charge on any atom is -0.352 e. The molecule has 148 valence electrons. The van der Waals surface area contributed by atoms with Crippen LogP contribution >= 0.6 is 11.8 Å². The van der Waals surface area contributed by atoms with Crippen LogP contribution in [0.5, 0.6) is 0 Å². The summed E-state index contributed by atoms with van der Waals surface area (Å²) in [6, 6.07) is 9.88. The Morgan fingerprint density at radius 2 is 2.00 bits per heavy atom. The molecule has 1 aromatic carbocycles. The molecule has 0 spiro atoms.